The topological polar surface area (TPSA) is 85.3 Å². The molecule has 0 radical (unpaired) electrons. The predicted molar refractivity (Wildman–Crippen MR) is 93.0 cm³/mol. The minimum absolute atomic E-state index is 0. The standard InChI is InChI=1S/C16H26N4O3.ClH/c1-5-6-16(2,15(22)23-4)19-14(21)13-9-17-8-12(13)11-7-18-20(3)10-11;/h7,10,12-13,17H,5-6,8-9H2,1-4H3,(H,19,21);1H/t12-,13+,16?;/m1./s1. The number of halogens is 1. The molecule has 3 atom stereocenters. The fraction of sp³-hybridized carbons (Fsp3) is 0.688. The van der Waals surface area contributed by atoms with Gasteiger partial charge in [0.1, 0.15) is 5.54 Å². The van der Waals surface area contributed by atoms with Gasteiger partial charge in [0.25, 0.3) is 0 Å². The molecule has 1 saturated heterocycles. The van der Waals surface area contributed by atoms with Crippen LogP contribution in [0.3, 0.4) is 0 Å². The number of carbonyl (C=O) groups is 2. The fourth-order valence-electron chi connectivity index (χ4n) is 3.24. The molecule has 1 unspecified atom stereocenters. The average molecular weight is 359 g/mol. The number of aromatic nitrogens is 2. The average Bonchev–Trinajstić information content (AvgIpc) is 3.14. The van der Waals surface area contributed by atoms with Crippen molar-refractivity contribution in [1.29, 1.82) is 0 Å². The van der Waals surface area contributed by atoms with Crippen molar-refractivity contribution in [3.63, 3.8) is 0 Å². The first-order valence-corrected chi connectivity index (χ1v) is 8.01. The Morgan fingerprint density at radius 3 is 2.75 bits per heavy atom. The smallest absolute Gasteiger partial charge is 0.331 e. The Morgan fingerprint density at radius 2 is 2.21 bits per heavy atom. The quantitative estimate of drug-likeness (QED) is 0.741. The van der Waals surface area contributed by atoms with E-state index < -0.39 is 11.5 Å². The van der Waals surface area contributed by atoms with Gasteiger partial charge in [-0.2, -0.15) is 5.10 Å². The number of nitrogens with one attached hydrogen (secondary N) is 2. The van der Waals surface area contributed by atoms with Gasteiger partial charge in [-0.3, -0.25) is 9.48 Å². The highest BCUT2D eigenvalue weighted by atomic mass is 35.5. The lowest BCUT2D eigenvalue weighted by Crippen LogP contribution is -2.55. The Labute approximate surface area is 148 Å². The molecule has 8 heteroatoms. The van der Waals surface area contributed by atoms with E-state index in [2.05, 4.69) is 15.7 Å². The zero-order chi connectivity index (χ0) is 17.0. The molecule has 0 aliphatic carbocycles. The van der Waals surface area contributed by atoms with E-state index in [-0.39, 0.29) is 30.2 Å². The molecule has 0 spiro atoms. The molecule has 136 valence electrons. The molecule has 1 aliphatic heterocycles. The molecule has 1 fully saturated rings. The summed E-state index contributed by atoms with van der Waals surface area (Å²) >= 11 is 0. The van der Waals surface area contributed by atoms with Crippen molar-refractivity contribution in [3.05, 3.63) is 18.0 Å². The minimum atomic E-state index is -0.983. The van der Waals surface area contributed by atoms with Crippen LogP contribution in [0.4, 0.5) is 0 Å². The second kappa shape index (κ2) is 8.48. The predicted octanol–water partition coefficient (Wildman–Crippen LogP) is 0.993. The summed E-state index contributed by atoms with van der Waals surface area (Å²) in [5.74, 6) is -0.686. The maximum atomic E-state index is 12.8. The van der Waals surface area contributed by atoms with Gasteiger partial charge in [-0.05, 0) is 18.9 Å². The van der Waals surface area contributed by atoms with Crippen LogP contribution in [-0.2, 0) is 21.4 Å². The number of methoxy groups -OCH3 is 1. The summed E-state index contributed by atoms with van der Waals surface area (Å²) in [7, 11) is 3.20. The summed E-state index contributed by atoms with van der Waals surface area (Å²) in [5, 5.41) is 10.4. The second-order valence-electron chi connectivity index (χ2n) is 6.38. The van der Waals surface area contributed by atoms with E-state index in [0.717, 1.165) is 18.5 Å². The third kappa shape index (κ3) is 4.27. The Hall–Kier alpha value is -1.60. The number of amides is 1. The molecular weight excluding hydrogens is 332 g/mol. The van der Waals surface area contributed by atoms with E-state index in [1.165, 1.54) is 7.11 Å². The summed E-state index contributed by atoms with van der Waals surface area (Å²) in [5.41, 5.74) is 0.0516. The van der Waals surface area contributed by atoms with Gasteiger partial charge in [0.15, 0.2) is 0 Å². The van der Waals surface area contributed by atoms with Crippen molar-refractivity contribution in [3.8, 4) is 0 Å². The maximum absolute atomic E-state index is 12.8. The monoisotopic (exact) mass is 358 g/mol. The highest BCUT2D eigenvalue weighted by Crippen LogP contribution is 2.29. The van der Waals surface area contributed by atoms with Gasteiger partial charge >= 0.3 is 5.97 Å². The van der Waals surface area contributed by atoms with E-state index in [4.69, 9.17) is 4.74 Å². The number of esters is 1. The van der Waals surface area contributed by atoms with Gasteiger partial charge in [0.2, 0.25) is 5.91 Å². The minimum Gasteiger partial charge on any atom is -0.467 e. The summed E-state index contributed by atoms with van der Waals surface area (Å²) in [6, 6.07) is 0. The molecule has 7 nitrogen and oxygen atoms in total. The van der Waals surface area contributed by atoms with Crippen LogP contribution in [0.2, 0.25) is 0 Å². The van der Waals surface area contributed by atoms with Crippen LogP contribution in [0.5, 0.6) is 0 Å². The van der Waals surface area contributed by atoms with E-state index in [9.17, 15) is 9.59 Å². The highest BCUT2D eigenvalue weighted by Gasteiger charge is 2.41. The van der Waals surface area contributed by atoms with Crippen LogP contribution >= 0.6 is 12.4 Å². The molecule has 2 rings (SSSR count). The Balaban J connectivity index is 0.00000288. The van der Waals surface area contributed by atoms with Crippen molar-refractivity contribution in [1.82, 2.24) is 20.4 Å². The van der Waals surface area contributed by atoms with Crippen LogP contribution < -0.4 is 10.6 Å². The lowest BCUT2D eigenvalue weighted by molar-refractivity contribution is -0.151. The second-order valence-corrected chi connectivity index (χ2v) is 6.38. The fourth-order valence-corrected chi connectivity index (χ4v) is 3.24. The summed E-state index contributed by atoms with van der Waals surface area (Å²) in [4.78, 5) is 24.8. The third-order valence-corrected chi connectivity index (χ3v) is 4.49. The molecule has 1 amide bonds. The number of hydrogen-bond acceptors (Lipinski definition) is 5. The van der Waals surface area contributed by atoms with Gasteiger partial charge < -0.3 is 15.4 Å². The zero-order valence-corrected chi connectivity index (χ0v) is 15.5. The Bertz CT molecular complexity index is 577. The highest BCUT2D eigenvalue weighted by molar-refractivity contribution is 5.89. The van der Waals surface area contributed by atoms with Crippen LogP contribution in [0.15, 0.2) is 12.4 Å². The van der Waals surface area contributed by atoms with Crippen LogP contribution in [0.1, 0.15) is 38.2 Å². The number of rotatable bonds is 6. The number of hydrogen-bond donors (Lipinski definition) is 2. The number of carbonyl (C=O) groups excluding carboxylic acids is 2. The lowest BCUT2D eigenvalue weighted by Gasteiger charge is -2.29. The van der Waals surface area contributed by atoms with E-state index in [1.807, 2.05) is 20.2 Å². The molecular formula is C16H27ClN4O3. The lowest BCUT2D eigenvalue weighted by atomic mass is 9.88. The summed E-state index contributed by atoms with van der Waals surface area (Å²) in [6.45, 7) is 5.02. The van der Waals surface area contributed by atoms with Crippen molar-refractivity contribution >= 4 is 24.3 Å². The van der Waals surface area contributed by atoms with Gasteiger partial charge in [0, 0.05) is 32.3 Å². The van der Waals surface area contributed by atoms with Gasteiger partial charge in [-0.1, -0.05) is 13.3 Å². The maximum Gasteiger partial charge on any atom is 0.331 e. The van der Waals surface area contributed by atoms with Gasteiger partial charge in [-0.15, -0.1) is 12.4 Å². The molecule has 1 aliphatic rings. The summed E-state index contributed by atoms with van der Waals surface area (Å²) < 4.78 is 6.60. The molecule has 24 heavy (non-hydrogen) atoms. The molecule has 1 aromatic rings. The molecule has 0 bridgehead atoms. The van der Waals surface area contributed by atoms with Crippen LogP contribution in [-0.4, -0.2) is 47.4 Å². The molecule has 2 N–H and O–H groups in total. The zero-order valence-electron chi connectivity index (χ0n) is 14.7. The normalized spacial score (nSPS) is 22.3. The van der Waals surface area contributed by atoms with Crippen molar-refractivity contribution in [2.45, 2.75) is 38.1 Å². The first-order valence-electron chi connectivity index (χ1n) is 8.01. The Kier molecular flexibility index (Phi) is 7.23. The first kappa shape index (κ1) is 20.4. The number of nitrogens with zero attached hydrogens (tertiary/aromatic N) is 2. The Morgan fingerprint density at radius 1 is 1.50 bits per heavy atom. The van der Waals surface area contributed by atoms with Gasteiger partial charge in [0.05, 0.1) is 19.2 Å². The van der Waals surface area contributed by atoms with Crippen molar-refractivity contribution in [2.24, 2.45) is 13.0 Å². The largest absolute Gasteiger partial charge is 0.467 e. The number of aryl methyl sites for hydroxylation is 1. The van der Waals surface area contributed by atoms with E-state index in [1.54, 1.807) is 17.8 Å². The first-order chi connectivity index (χ1) is 10.9. The summed E-state index contributed by atoms with van der Waals surface area (Å²) in [6.07, 6.45) is 5.05. The van der Waals surface area contributed by atoms with Crippen LogP contribution in [0.25, 0.3) is 0 Å². The van der Waals surface area contributed by atoms with Crippen molar-refractivity contribution in [2.75, 3.05) is 20.2 Å². The molecule has 0 aromatic carbocycles. The van der Waals surface area contributed by atoms with Crippen molar-refractivity contribution < 1.29 is 14.3 Å². The molecule has 1 aromatic heterocycles. The van der Waals surface area contributed by atoms with Gasteiger partial charge in [-0.25, -0.2) is 4.79 Å². The van der Waals surface area contributed by atoms with E-state index >= 15 is 0 Å². The van der Waals surface area contributed by atoms with Crippen LogP contribution in [0, 0.1) is 5.92 Å². The third-order valence-electron chi connectivity index (χ3n) is 4.49. The number of ether oxygens (including phenoxy) is 1. The molecule has 0 saturated carbocycles. The SMILES string of the molecule is CCCC(C)(NC(=O)[C@H]1CNC[C@@H]1c1cnn(C)c1)C(=O)OC.Cl. The van der Waals surface area contributed by atoms with E-state index in [0.29, 0.717) is 13.0 Å². The molecule has 2 heterocycles.